The van der Waals surface area contributed by atoms with Crippen LogP contribution in [0.25, 0.3) is 0 Å². The SMILES string of the molecule is C#CCNC(=O)[C@@H]1C[C@@H](O)[C@H](O)[C@H]2N=C(Nc3ccc(Cl)cc3)S[C@@H]21. The molecule has 0 spiro atoms. The van der Waals surface area contributed by atoms with Crippen molar-refractivity contribution >= 4 is 40.1 Å². The van der Waals surface area contributed by atoms with Crippen LogP contribution in [-0.4, -0.2) is 51.3 Å². The van der Waals surface area contributed by atoms with E-state index in [1.54, 1.807) is 12.1 Å². The average molecular weight is 380 g/mol. The van der Waals surface area contributed by atoms with Gasteiger partial charge in [0.1, 0.15) is 6.10 Å². The number of nitrogens with one attached hydrogen (secondary N) is 2. The number of terminal acetylenes is 1. The molecule has 5 atom stereocenters. The Morgan fingerprint density at radius 1 is 1.40 bits per heavy atom. The van der Waals surface area contributed by atoms with Crippen LogP contribution in [0.5, 0.6) is 0 Å². The Labute approximate surface area is 155 Å². The molecule has 1 heterocycles. The molecule has 1 amide bonds. The Balaban J connectivity index is 1.75. The van der Waals surface area contributed by atoms with Crippen LogP contribution in [0.15, 0.2) is 29.3 Å². The summed E-state index contributed by atoms with van der Waals surface area (Å²) in [7, 11) is 0. The van der Waals surface area contributed by atoms with Crippen LogP contribution in [0.3, 0.4) is 0 Å². The largest absolute Gasteiger partial charge is 0.390 e. The predicted octanol–water partition coefficient (Wildman–Crippen LogP) is 1.08. The van der Waals surface area contributed by atoms with Gasteiger partial charge in [-0.25, -0.2) is 0 Å². The van der Waals surface area contributed by atoms with E-state index >= 15 is 0 Å². The molecule has 0 bridgehead atoms. The monoisotopic (exact) mass is 379 g/mol. The van der Waals surface area contributed by atoms with Crippen LogP contribution >= 0.6 is 23.4 Å². The van der Waals surface area contributed by atoms with Gasteiger partial charge in [-0.1, -0.05) is 29.3 Å². The number of benzene rings is 1. The molecule has 1 saturated carbocycles. The van der Waals surface area contributed by atoms with E-state index < -0.39 is 24.2 Å². The summed E-state index contributed by atoms with van der Waals surface area (Å²) in [4.78, 5) is 16.8. The number of nitrogens with zero attached hydrogens (tertiary/aromatic N) is 1. The summed E-state index contributed by atoms with van der Waals surface area (Å²) < 4.78 is 0. The maximum absolute atomic E-state index is 12.4. The number of anilines is 1. The van der Waals surface area contributed by atoms with Crippen LogP contribution in [0.2, 0.25) is 5.02 Å². The fraction of sp³-hybridized carbons (Fsp3) is 0.412. The molecule has 0 unspecified atom stereocenters. The van der Waals surface area contributed by atoms with Gasteiger partial charge in [-0.05, 0) is 30.7 Å². The first-order valence-electron chi connectivity index (χ1n) is 7.84. The standard InChI is InChI=1S/C17H18ClN3O3S/c1-2-7-19-16(24)11-8-12(22)14(23)13-15(11)25-17(21-13)20-10-5-3-9(18)4-6-10/h1,3-6,11-15,22-23H,7-8H2,(H,19,24)(H,20,21)/t11-,12-,13-,14+,15-/m1/s1. The van der Waals surface area contributed by atoms with Crippen LogP contribution in [0.1, 0.15) is 6.42 Å². The van der Waals surface area contributed by atoms with Crippen molar-refractivity contribution in [2.24, 2.45) is 10.9 Å². The normalized spacial score (nSPS) is 30.8. The predicted molar refractivity (Wildman–Crippen MR) is 99.6 cm³/mol. The van der Waals surface area contributed by atoms with E-state index in [-0.39, 0.29) is 24.1 Å². The van der Waals surface area contributed by atoms with E-state index in [0.717, 1.165) is 5.69 Å². The van der Waals surface area contributed by atoms with Crippen LogP contribution < -0.4 is 10.6 Å². The first-order valence-corrected chi connectivity index (χ1v) is 9.09. The third-order valence-electron chi connectivity index (χ3n) is 4.28. The van der Waals surface area contributed by atoms with Gasteiger partial charge in [-0.15, -0.1) is 6.42 Å². The fourth-order valence-electron chi connectivity index (χ4n) is 3.03. The van der Waals surface area contributed by atoms with Crippen molar-refractivity contribution in [3.8, 4) is 12.3 Å². The number of rotatable bonds is 3. The Morgan fingerprint density at radius 2 is 2.12 bits per heavy atom. The van der Waals surface area contributed by atoms with E-state index in [1.807, 2.05) is 12.1 Å². The smallest absolute Gasteiger partial charge is 0.225 e. The van der Waals surface area contributed by atoms with Crippen molar-refractivity contribution < 1.29 is 15.0 Å². The number of halogens is 1. The molecule has 1 aromatic carbocycles. The third kappa shape index (κ3) is 3.93. The molecule has 25 heavy (non-hydrogen) atoms. The zero-order valence-corrected chi connectivity index (χ0v) is 14.8. The van der Waals surface area contributed by atoms with E-state index in [0.29, 0.717) is 10.2 Å². The van der Waals surface area contributed by atoms with Gasteiger partial charge in [0.2, 0.25) is 5.91 Å². The van der Waals surface area contributed by atoms with Gasteiger partial charge in [0, 0.05) is 16.0 Å². The Kier molecular flexibility index (Phi) is 5.54. The fourth-order valence-corrected chi connectivity index (χ4v) is 4.54. The van der Waals surface area contributed by atoms with Crippen LogP contribution in [-0.2, 0) is 4.79 Å². The number of aliphatic hydroxyl groups excluding tert-OH is 2. The van der Waals surface area contributed by atoms with E-state index in [4.69, 9.17) is 18.0 Å². The second kappa shape index (κ2) is 7.67. The number of aliphatic imine (C=N–C) groups is 1. The topological polar surface area (TPSA) is 94.0 Å². The summed E-state index contributed by atoms with van der Waals surface area (Å²) in [6, 6.07) is 6.59. The summed E-state index contributed by atoms with van der Waals surface area (Å²) in [5.74, 6) is 1.66. The molecule has 132 valence electrons. The Morgan fingerprint density at radius 3 is 2.80 bits per heavy atom. The summed E-state index contributed by atoms with van der Waals surface area (Å²) >= 11 is 7.27. The molecule has 2 aliphatic rings. The maximum Gasteiger partial charge on any atom is 0.225 e. The van der Waals surface area contributed by atoms with Crippen molar-refractivity contribution in [1.82, 2.24) is 5.32 Å². The number of amides is 1. The quantitative estimate of drug-likeness (QED) is 0.590. The van der Waals surface area contributed by atoms with E-state index in [1.165, 1.54) is 11.8 Å². The van der Waals surface area contributed by atoms with Gasteiger partial charge in [0.05, 0.1) is 24.6 Å². The minimum atomic E-state index is -1.00. The summed E-state index contributed by atoms with van der Waals surface area (Å²) in [5.41, 5.74) is 0.803. The minimum Gasteiger partial charge on any atom is -0.390 e. The van der Waals surface area contributed by atoms with Crippen molar-refractivity contribution in [3.63, 3.8) is 0 Å². The zero-order chi connectivity index (χ0) is 18.0. The third-order valence-corrected chi connectivity index (χ3v) is 5.85. The molecule has 1 aromatic rings. The average Bonchev–Trinajstić information content (AvgIpc) is 3.02. The molecule has 1 aliphatic heterocycles. The van der Waals surface area contributed by atoms with Gasteiger partial charge in [0.25, 0.3) is 0 Å². The molecule has 1 fully saturated rings. The Hall–Kier alpha value is -1.72. The number of fused-ring (bicyclic) bond motifs is 1. The zero-order valence-electron chi connectivity index (χ0n) is 13.2. The van der Waals surface area contributed by atoms with Gasteiger partial charge in [-0.2, -0.15) is 0 Å². The van der Waals surface area contributed by atoms with Gasteiger partial charge in [0.15, 0.2) is 5.17 Å². The van der Waals surface area contributed by atoms with Gasteiger partial charge in [-0.3, -0.25) is 9.79 Å². The molecular weight excluding hydrogens is 362 g/mol. The first kappa shape index (κ1) is 18.1. The summed E-state index contributed by atoms with van der Waals surface area (Å²) in [5, 5.41) is 27.1. The number of aliphatic hydroxyl groups is 2. The molecule has 4 N–H and O–H groups in total. The summed E-state index contributed by atoms with van der Waals surface area (Å²) in [6.07, 6.45) is 3.36. The van der Waals surface area contributed by atoms with Crippen molar-refractivity contribution in [3.05, 3.63) is 29.3 Å². The van der Waals surface area contributed by atoms with Crippen molar-refractivity contribution in [1.29, 1.82) is 0 Å². The van der Waals surface area contributed by atoms with Gasteiger partial charge >= 0.3 is 0 Å². The number of hydrogen-bond acceptors (Lipinski definition) is 6. The molecule has 0 saturated heterocycles. The van der Waals surface area contributed by atoms with E-state index in [9.17, 15) is 15.0 Å². The molecule has 3 rings (SSSR count). The molecule has 1 aliphatic carbocycles. The lowest BCUT2D eigenvalue weighted by Gasteiger charge is -2.37. The molecule has 0 aromatic heterocycles. The van der Waals surface area contributed by atoms with Gasteiger partial charge < -0.3 is 20.8 Å². The Bertz CT molecular complexity index is 719. The number of thioether (sulfide) groups is 1. The van der Waals surface area contributed by atoms with Crippen molar-refractivity contribution in [2.75, 3.05) is 11.9 Å². The number of amidine groups is 1. The second-order valence-corrected chi connectivity index (χ2v) is 7.56. The molecule has 8 heteroatoms. The van der Waals surface area contributed by atoms with Crippen LogP contribution in [0, 0.1) is 18.3 Å². The highest BCUT2D eigenvalue weighted by Crippen LogP contribution is 2.41. The first-order chi connectivity index (χ1) is 12.0. The minimum absolute atomic E-state index is 0.132. The maximum atomic E-state index is 12.4. The van der Waals surface area contributed by atoms with Crippen LogP contribution in [0.4, 0.5) is 5.69 Å². The molecule has 0 radical (unpaired) electrons. The molecular formula is C17H18ClN3O3S. The number of carbonyl (C=O) groups excluding carboxylic acids is 1. The highest BCUT2D eigenvalue weighted by molar-refractivity contribution is 8.15. The number of carbonyl (C=O) groups is 1. The van der Waals surface area contributed by atoms with E-state index in [2.05, 4.69) is 21.5 Å². The molecule has 6 nitrogen and oxygen atoms in total. The van der Waals surface area contributed by atoms with Crippen molar-refractivity contribution in [2.45, 2.75) is 29.9 Å². The highest BCUT2D eigenvalue weighted by atomic mass is 35.5. The summed E-state index contributed by atoms with van der Waals surface area (Å²) in [6.45, 7) is 0.132. The second-order valence-electron chi connectivity index (χ2n) is 5.96. The number of hydrogen-bond donors (Lipinski definition) is 4. The lowest BCUT2D eigenvalue weighted by atomic mass is 9.81. The lowest BCUT2D eigenvalue weighted by molar-refractivity contribution is -0.129. The lowest BCUT2D eigenvalue weighted by Crippen LogP contribution is -2.54. The highest BCUT2D eigenvalue weighted by Gasteiger charge is 2.50.